The number of alkyl halides is 2. The Balaban J connectivity index is 1.23. The normalized spacial score (nSPS) is 30.9. The molecule has 0 spiro atoms. The first-order valence-electron chi connectivity index (χ1n) is 21.1. The maximum Gasteiger partial charge on any atom is 0.408 e. The number of nitrogens with zero attached hydrogens (tertiary/aromatic N) is 4. The van der Waals surface area contributed by atoms with Crippen molar-refractivity contribution in [2.24, 2.45) is 23.2 Å². The third-order valence-corrected chi connectivity index (χ3v) is 15.3. The van der Waals surface area contributed by atoms with Crippen LogP contribution in [0.15, 0.2) is 18.2 Å². The van der Waals surface area contributed by atoms with E-state index in [0.29, 0.717) is 41.1 Å². The molecule has 3 heterocycles. The molecule has 1 saturated heterocycles. The van der Waals surface area contributed by atoms with E-state index in [4.69, 9.17) is 19.4 Å². The Morgan fingerprint density at radius 3 is 2.45 bits per heavy atom. The van der Waals surface area contributed by atoms with Crippen LogP contribution in [0, 0.1) is 34.5 Å². The van der Waals surface area contributed by atoms with Crippen molar-refractivity contribution in [1.82, 2.24) is 30.2 Å². The Morgan fingerprint density at radius 1 is 1.05 bits per heavy atom. The number of aryl methyl sites for hydroxylation is 1. The molecule has 2 bridgehead atoms. The first-order chi connectivity index (χ1) is 28.2. The standard InChI is InChI=1S/C42H55F2N7O8S/c1-23-16-25-10-8-6-7-9-11-29-36(47-30-18-24(21-45)12-13-28(30)46-29)58-26-19-31(51(22-26)37(53)33(40(2,3)4)48-39(55)59-32(25)17-23)35(52)49-42(20-27(42)34(43)44)38(54)50-60(56,57)41(5)14-15-41/h12-13,18,23,25-27,31-34H,6-11,14-17,19-20,22H2,1-5H3,(H,48,55)(H,49,52)(H,50,54)/t23-,25-,26-,27+,31+,32-,33-,42-/m1/s1. The minimum atomic E-state index is -4.25. The predicted molar refractivity (Wildman–Crippen MR) is 214 cm³/mol. The molecule has 3 aliphatic carbocycles. The number of carbonyl (C=O) groups excluding carboxylic acids is 4. The summed E-state index contributed by atoms with van der Waals surface area (Å²) in [6, 6.07) is 4.41. The van der Waals surface area contributed by atoms with E-state index in [1.165, 1.54) is 11.8 Å². The largest absolute Gasteiger partial charge is 0.471 e. The Hall–Kier alpha value is -4.66. The maximum atomic E-state index is 14.8. The van der Waals surface area contributed by atoms with Crippen molar-refractivity contribution in [3.05, 3.63) is 29.5 Å². The Kier molecular flexibility index (Phi) is 11.8. The van der Waals surface area contributed by atoms with Gasteiger partial charge in [0.1, 0.15) is 35.5 Å². The summed E-state index contributed by atoms with van der Waals surface area (Å²) in [5, 5.41) is 14.8. The lowest BCUT2D eigenvalue weighted by Crippen LogP contribution is -2.60. The lowest BCUT2D eigenvalue weighted by atomic mass is 9.85. The lowest BCUT2D eigenvalue weighted by Gasteiger charge is -2.35. The topological polar surface area (TPSA) is 210 Å². The zero-order valence-electron chi connectivity index (χ0n) is 34.8. The SMILES string of the molecule is C[C@@H]1C[C@H]2CCCCCCc3nc4ccc(C#N)cc4nc3O[C@@H]3C[C@@H](C(=O)N[C@]4(C(=O)NS(=O)(=O)C5(C)CC5)C[C@H]4C(F)F)N(C3)C(=O)[C@H](C(C)(C)C)NC(=O)O[C@@H]2C1. The van der Waals surface area contributed by atoms with Gasteiger partial charge in [-0.15, -0.1) is 0 Å². The number of nitriles is 1. The quantitative estimate of drug-likeness (QED) is 0.350. The fraction of sp³-hybridized carbons (Fsp3) is 0.690. The number of nitrogens with one attached hydrogen (secondary N) is 3. The Bertz CT molecular complexity index is 2190. The molecule has 4 amide bonds. The molecule has 2 aromatic rings. The molecular formula is C42H55F2N7O8S. The highest BCUT2D eigenvalue weighted by molar-refractivity contribution is 7.91. The number of halogens is 2. The van der Waals surface area contributed by atoms with Crippen LogP contribution in [0.4, 0.5) is 13.6 Å². The molecule has 15 nitrogen and oxygen atoms in total. The summed E-state index contributed by atoms with van der Waals surface area (Å²) in [6.07, 6.45) is 1.29. The number of rotatable bonds is 6. The van der Waals surface area contributed by atoms with Crippen molar-refractivity contribution in [3.8, 4) is 11.9 Å². The van der Waals surface area contributed by atoms with Crippen molar-refractivity contribution in [3.63, 3.8) is 0 Å². The highest BCUT2D eigenvalue weighted by atomic mass is 32.2. The summed E-state index contributed by atoms with van der Waals surface area (Å²) in [4.78, 5) is 67.3. The van der Waals surface area contributed by atoms with Gasteiger partial charge in [0.05, 0.1) is 39.9 Å². The van der Waals surface area contributed by atoms with Gasteiger partial charge in [-0.25, -0.2) is 32.0 Å². The Morgan fingerprint density at radius 2 is 1.78 bits per heavy atom. The van der Waals surface area contributed by atoms with E-state index >= 15 is 0 Å². The summed E-state index contributed by atoms with van der Waals surface area (Å²) < 4.78 is 67.9. The van der Waals surface area contributed by atoms with Crippen molar-refractivity contribution in [2.45, 2.75) is 153 Å². The smallest absolute Gasteiger partial charge is 0.408 e. The molecule has 0 unspecified atom stereocenters. The van der Waals surface area contributed by atoms with Gasteiger partial charge in [0.25, 0.3) is 5.91 Å². The maximum absolute atomic E-state index is 14.8. The van der Waals surface area contributed by atoms with E-state index < -0.39 is 86.5 Å². The first kappa shape index (κ1) is 43.4. The van der Waals surface area contributed by atoms with Crippen molar-refractivity contribution in [2.75, 3.05) is 6.54 Å². The van der Waals surface area contributed by atoms with Crippen molar-refractivity contribution < 1.29 is 45.9 Å². The highest BCUT2D eigenvalue weighted by Gasteiger charge is 2.67. The number of benzene rings is 1. The molecule has 5 aliphatic rings. The summed E-state index contributed by atoms with van der Waals surface area (Å²) in [6.45, 7) is 8.60. The second-order valence-electron chi connectivity index (χ2n) is 18.9. The van der Waals surface area contributed by atoms with Gasteiger partial charge in [-0.1, -0.05) is 47.0 Å². The predicted octanol–water partition coefficient (Wildman–Crippen LogP) is 5.05. The van der Waals surface area contributed by atoms with Crippen LogP contribution in [0.2, 0.25) is 0 Å². The number of carbonyl (C=O) groups is 4. The number of aromatic nitrogens is 2. The average Bonchev–Trinajstić information content (AvgIpc) is 4.03. The fourth-order valence-electron chi connectivity index (χ4n) is 9.03. The highest BCUT2D eigenvalue weighted by Crippen LogP contribution is 2.49. The summed E-state index contributed by atoms with van der Waals surface area (Å²) >= 11 is 0. The summed E-state index contributed by atoms with van der Waals surface area (Å²) in [7, 11) is -4.25. The molecule has 0 radical (unpaired) electrons. The molecule has 8 atom stereocenters. The number of amides is 4. The molecule has 60 heavy (non-hydrogen) atoms. The van der Waals surface area contributed by atoms with Gasteiger partial charge in [0.15, 0.2) is 0 Å². The fourth-order valence-corrected chi connectivity index (χ4v) is 10.3. The van der Waals surface area contributed by atoms with E-state index in [9.17, 15) is 41.6 Å². The molecule has 3 N–H and O–H groups in total. The molecule has 18 heteroatoms. The lowest BCUT2D eigenvalue weighted by molar-refractivity contribution is -0.143. The number of alkyl carbamates (subject to hydrolysis) is 1. The third-order valence-electron chi connectivity index (χ3n) is 13.1. The van der Waals surface area contributed by atoms with Crippen LogP contribution in [0.1, 0.15) is 117 Å². The van der Waals surface area contributed by atoms with Gasteiger partial charge in [-0.3, -0.25) is 19.1 Å². The van der Waals surface area contributed by atoms with Gasteiger partial charge in [-0.2, -0.15) is 5.26 Å². The minimum Gasteiger partial charge on any atom is -0.471 e. The van der Waals surface area contributed by atoms with Crippen LogP contribution in [0.5, 0.6) is 5.88 Å². The molecule has 1 aromatic heterocycles. The summed E-state index contributed by atoms with van der Waals surface area (Å²) in [5.74, 6) is -3.93. The van der Waals surface area contributed by atoms with Crippen LogP contribution in [-0.2, 0) is 35.6 Å². The second-order valence-corrected chi connectivity index (χ2v) is 21.1. The zero-order chi connectivity index (χ0) is 43.4. The Labute approximate surface area is 349 Å². The third kappa shape index (κ3) is 8.87. The number of hydrogen-bond acceptors (Lipinski definition) is 11. The van der Waals surface area contributed by atoms with Crippen molar-refractivity contribution in [1.29, 1.82) is 5.26 Å². The molecule has 7 rings (SSSR count). The van der Waals surface area contributed by atoms with E-state index in [1.807, 2.05) is 4.72 Å². The minimum absolute atomic E-state index is 0.153. The van der Waals surface area contributed by atoms with Gasteiger partial charge < -0.3 is 25.0 Å². The molecule has 2 aliphatic heterocycles. The molecular weight excluding hydrogens is 801 g/mol. The van der Waals surface area contributed by atoms with Crippen LogP contribution in [-0.4, -0.2) is 94.6 Å². The number of sulfonamides is 1. The van der Waals surface area contributed by atoms with Crippen LogP contribution in [0.3, 0.4) is 0 Å². The van der Waals surface area contributed by atoms with Gasteiger partial charge in [0.2, 0.25) is 34.1 Å². The van der Waals surface area contributed by atoms with Gasteiger partial charge >= 0.3 is 6.09 Å². The van der Waals surface area contributed by atoms with E-state index in [0.717, 1.165) is 38.5 Å². The number of ether oxygens (including phenoxy) is 2. The molecule has 4 fully saturated rings. The number of hydrogen-bond donors (Lipinski definition) is 3. The van der Waals surface area contributed by atoms with Gasteiger partial charge in [-0.05, 0) is 93.7 Å². The zero-order valence-corrected chi connectivity index (χ0v) is 35.6. The number of fused-ring (bicyclic) bond motifs is 5. The van der Waals surface area contributed by atoms with Crippen LogP contribution >= 0.6 is 0 Å². The van der Waals surface area contributed by atoms with Crippen LogP contribution < -0.4 is 20.1 Å². The average molecular weight is 856 g/mol. The molecule has 326 valence electrons. The van der Waals surface area contributed by atoms with Gasteiger partial charge in [0, 0.05) is 6.42 Å². The second kappa shape index (κ2) is 16.3. The van der Waals surface area contributed by atoms with Crippen molar-refractivity contribution >= 4 is 44.9 Å². The van der Waals surface area contributed by atoms with E-state index in [1.54, 1.807) is 39.0 Å². The van der Waals surface area contributed by atoms with E-state index in [-0.39, 0.29) is 43.7 Å². The molecule has 1 aromatic carbocycles. The summed E-state index contributed by atoms with van der Waals surface area (Å²) in [5.41, 5.74) is -1.31. The molecule has 3 saturated carbocycles. The van der Waals surface area contributed by atoms with E-state index in [2.05, 4.69) is 23.6 Å². The van der Waals surface area contributed by atoms with Crippen LogP contribution in [0.25, 0.3) is 11.0 Å². The first-order valence-corrected chi connectivity index (χ1v) is 22.5. The monoisotopic (exact) mass is 855 g/mol.